The number of rotatable bonds is 7. The Bertz CT molecular complexity index is 1100. The number of nitrogens with zero attached hydrogens (tertiary/aromatic N) is 1. The molecule has 0 spiro atoms. The normalized spacial score (nSPS) is 11.1. The molecule has 0 bridgehead atoms. The molecule has 1 heterocycles. The number of pyridine rings is 1. The average molecular weight is 430 g/mol. The molecule has 0 saturated carbocycles. The molecule has 1 aromatic heterocycles. The van der Waals surface area contributed by atoms with E-state index in [1.807, 2.05) is 18.2 Å². The van der Waals surface area contributed by atoms with Gasteiger partial charge in [0.15, 0.2) is 0 Å². The van der Waals surface area contributed by atoms with Gasteiger partial charge in [-0.1, -0.05) is 17.7 Å². The summed E-state index contributed by atoms with van der Waals surface area (Å²) in [4.78, 5) is 16.8. The number of nitrogens with one attached hydrogen (secondary N) is 2. The second-order valence-electron chi connectivity index (χ2n) is 6.50. The number of anilines is 2. The van der Waals surface area contributed by atoms with Crippen LogP contribution < -0.4 is 10.6 Å². The van der Waals surface area contributed by atoms with E-state index in [2.05, 4.69) is 15.6 Å². The van der Waals surface area contributed by atoms with Gasteiger partial charge < -0.3 is 10.6 Å². The topological polar surface area (TPSA) is 88.2 Å². The zero-order valence-electron chi connectivity index (χ0n) is 15.7. The van der Waals surface area contributed by atoms with Crippen molar-refractivity contribution in [2.45, 2.75) is 0 Å². The van der Waals surface area contributed by atoms with Crippen LogP contribution in [-0.4, -0.2) is 37.9 Å². The van der Waals surface area contributed by atoms with Crippen molar-refractivity contribution >= 4 is 38.7 Å². The zero-order chi connectivity index (χ0) is 20.9. The number of carbonyl (C=O) groups is 1. The number of benzene rings is 2. The fourth-order valence-electron chi connectivity index (χ4n) is 2.64. The molecule has 0 atom stereocenters. The molecule has 3 rings (SSSR count). The molecule has 0 fully saturated rings. The molecule has 150 valence electrons. The Labute approximate surface area is 174 Å². The van der Waals surface area contributed by atoms with E-state index >= 15 is 0 Å². The quantitative estimate of drug-likeness (QED) is 0.590. The number of hydrogen-bond donors (Lipinski definition) is 2. The zero-order valence-corrected chi connectivity index (χ0v) is 17.3. The highest BCUT2D eigenvalue weighted by Gasteiger charge is 2.10. The van der Waals surface area contributed by atoms with Gasteiger partial charge in [0, 0.05) is 41.5 Å². The Balaban J connectivity index is 1.67. The first kappa shape index (κ1) is 20.8. The van der Waals surface area contributed by atoms with Gasteiger partial charge in [0.05, 0.1) is 16.5 Å². The van der Waals surface area contributed by atoms with E-state index in [-0.39, 0.29) is 11.7 Å². The lowest BCUT2D eigenvalue weighted by atomic mass is 10.1. The Hall–Kier alpha value is -2.90. The number of sulfone groups is 1. The molecule has 3 aromatic rings. The van der Waals surface area contributed by atoms with E-state index in [0.29, 0.717) is 22.8 Å². The van der Waals surface area contributed by atoms with Crippen LogP contribution in [0.4, 0.5) is 11.4 Å². The fourth-order valence-corrected chi connectivity index (χ4v) is 3.33. The van der Waals surface area contributed by atoms with Gasteiger partial charge in [-0.15, -0.1) is 0 Å². The van der Waals surface area contributed by atoms with Crippen LogP contribution >= 0.6 is 11.6 Å². The van der Waals surface area contributed by atoms with E-state index in [4.69, 9.17) is 11.6 Å². The number of carbonyl (C=O) groups excluding carboxylic acids is 1. The molecule has 2 aromatic carbocycles. The lowest BCUT2D eigenvalue weighted by Gasteiger charge is -2.10. The Morgan fingerprint density at radius 2 is 1.76 bits per heavy atom. The molecule has 0 unspecified atom stereocenters. The van der Waals surface area contributed by atoms with Crippen LogP contribution in [-0.2, 0) is 9.84 Å². The van der Waals surface area contributed by atoms with E-state index in [9.17, 15) is 13.2 Å². The third-order valence-corrected chi connectivity index (χ3v) is 5.39. The van der Waals surface area contributed by atoms with Crippen molar-refractivity contribution in [2.75, 3.05) is 29.2 Å². The maximum atomic E-state index is 12.5. The van der Waals surface area contributed by atoms with Crippen molar-refractivity contribution < 1.29 is 13.2 Å². The van der Waals surface area contributed by atoms with Gasteiger partial charge in [0.25, 0.3) is 5.91 Å². The summed E-state index contributed by atoms with van der Waals surface area (Å²) < 4.78 is 22.3. The highest BCUT2D eigenvalue weighted by Crippen LogP contribution is 2.29. The summed E-state index contributed by atoms with van der Waals surface area (Å²) in [5.74, 6) is -0.216. The first-order chi connectivity index (χ1) is 13.8. The third-order valence-electron chi connectivity index (χ3n) is 4.11. The predicted octanol–water partition coefficient (Wildman–Crippen LogP) is 4.11. The maximum absolute atomic E-state index is 12.5. The number of hydrogen-bond acceptors (Lipinski definition) is 5. The summed E-state index contributed by atoms with van der Waals surface area (Å²) in [5.41, 5.74) is 3.28. The minimum Gasteiger partial charge on any atom is -0.384 e. The van der Waals surface area contributed by atoms with E-state index in [0.717, 1.165) is 16.9 Å². The number of halogens is 1. The summed E-state index contributed by atoms with van der Waals surface area (Å²) in [6, 6.07) is 17.6. The van der Waals surface area contributed by atoms with Gasteiger partial charge in [-0.05, 0) is 54.6 Å². The van der Waals surface area contributed by atoms with Crippen molar-refractivity contribution in [3.05, 3.63) is 77.4 Å². The molecule has 0 aliphatic heterocycles. The SMILES string of the molecule is CS(=O)(=O)CCNc1ccc(C(=O)Nc2ccc(Cl)c(-c3ccccn3)c2)cc1. The van der Waals surface area contributed by atoms with Crippen LogP contribution in [0.15, 0.2) is 66.9 Å². The first-order valence-electron chi connectivity index (χ1n) is 8.86. The van der Waals surface area contributed by atoms with Crippen molar-refractivity contribution in [1.29, 1.82) is 0 Å². The summed E-state index contributed by atoms with van der Waals surface area (Å²) in [6.07, 6.45) is 2.88. The van der Waals surface area contributed by atoms with Gasteiger partial charge in [-0.3, -0.25) is 9.78 Å². The van der Waals surface area contributed by atoms with Gasteiger partial charge in [-0.25, -0.2) is 8.42 Å². The van der Waals surface area contributed by atoms with Crippen LogP contribution in [0, 0.1) is 0 Å². The standard InChI is InChI=1S/C21H20ClN3O3S/c1-29(27,28)13-12-23-16-7-5-15(6-8-16)21(26)25-17-9-10-19(22)18(14-17)20-4-2-3-11-24-20/h2-11,14,23H,12-13H2,1H3,(H,25,26). The molecular weight excluding hydrogens is 410 g/mol. The fraction of sp³-hybridized carbons (Fsp3) is 0.143. The van der Waals surface area contributed by atoms with Crippen molar-refractivity contribution in [3.8, 4) is 11.3 Å². The summed E-state index contributed by atoms with van der Waals surface area (Å²) in [7, 11) is -3.02. The molecule has 6 nitrogen and oxygen atoms in total. The smallest absolute Gasteiger partial charge is 0.255 e. The second kappa shape index (κ2) is 9.07. The van der Waals surface area contributed by atoms with Crippen molar-refractivity contribution in [1.82, 2.24) is 4.98 Å². The minimum atomic E-state index is -3.02. The summed E-state index contributed by atoms with van der Waals surface area (Å²) in [6.45, 7) is 0.311. The lowest BCUT2D eigenvalue weighted by Crippen LogP contribution is -2.14. The highest BCUT2D eigenvalue weighted by atomic mass is 35.5. The minimum absolute atomic E-state index is 0.0460. The monoisotopic (exact) mass is 429 g/mol. The molecular formula is C21H20ClN3O3S. The Kier molecular flexibility index (Phi) is 6.51. The molecule has 8 heteroatoms. The molecule has 0 aliphatic rings. The van der Waals surface area contributed by atoms with Gasteiger partial charge in [0.1, 0.15) is 9.84 Å². The van der Waals surface area contributed by atoms with Crippen molar-refractivity contribution in [2.24, 2.45) is 0 Å². The largest absolute Gasteiger partial charge is 0.384 e. The van der Waals surface area contributed by atoms with Crippen LogP contribution in [0.25, 0.3) is 11.3 Å². The second-order valence-corrected chi connectivity index (χ2v) is 9.16. The maximum Gasteiger partial charge on any atom is 0.255 e. The van der Waals surface area contributed by atoms with Gasteiger partial charge in [0.2, 0.25) is 0 Å². The van der Waals surface area contributed by atoms with Crippen LogP contribution in [0.3, 0.4) is 0 Å². The number of aromatic nitrogens is 1. The Morgan fingerprint density at radius 1 is 1.03 bits per heavy atom. The summed E-state index contributed by atoms with van der Waals surface area (Å²) in [5, 5.41) is 6.42. The van der Waals surface area contributed by atoms with Crippen molar-refractivity contribution in [3.63, 3.8) is 0 Å². The molecule has 0 aliphatic carbocycles. The van der Waals surface area contributed by atoms with Crippen LogP contribution in [0.2, 0.25) is 5.02 Å². The average Bonchev–Trinajstić information content (AvgIpc) is 2.69. The van der Waals surface area contributed by atoms with E-state index < -0.39 is 9.84 Å². The molecule has 0 radical (unpaired) electrons. The molecule has 1 amide bonds. The first-order valence-corrected chi connectivity index (χ1v) is 11.3. The van der Waals surface area contributed by atoms with Crippen LogP contribution in [0.1, 0.15) is 10.4 Å². The van der Waals surface area contributed by atoms with Gasteiger partial charge >= 0.3 is 0 Å². The van der Waals surface area contributed by atoms with E-state index in [1.54, 1.807) is 48.7 Å². The summed E-state index contributed by atoms with van der Waals surface area (Å²) >= 11 is 6.27. The molecule has 0 saturated heterocycles. The van der Waals surface area contributed by atoms with Gasteiger partial charge in [-0.2, -0.15) is 0 Å². The van der Waals surface area contributed by atoms with E-state index in [1.165, 1.54) is 6.26 Å². The molecule has 29 heavy (non-hydrogen) atoms. The predicted molar refractivity (Wildman–Crippen MR) is 117 cm³/mol. The molecule has 2 N–H and O–H groups in total. The Morgan fingerprint density at radius 3 is 2.41 bits per heavy atom. The van der Waals surface area contributed by atoms with Crippen LogP contribution in [0.5, 0.6) is 0 Å². The third kappa shape index (κ3) is 6.04. The lowest BCUT2D eigenvalue weighted by molar-refractivity contribution is 0.102. The number of amides is 1. The highest BCUT2D eigenvalue weighted by molar-refractivity contribution is 7.90.